The summed E-state index contributed by atoms with van der Waals surface area (Å²) < 4.78 is 5.25. The van der Waals surface area contributed by atoms with Gasteiger partial charge >= 0.3 is 0 Å². The highest BCUT2D eigenvalue weighted by molar-refractivity contribution is 14.0. The molecule has 0 aliphatic heterocycles. The fourth-order valence-corrected chi connectivity index (χ4v) is 2.49. The summed E-state index contributed by atoms with van der Waals surface area (Å²) in [6.45, 7) is 3.99. The van der Waals surface area contributed by atoms with Gasteiger partial charge in [-0.15, -0.1) is 24.0 Å². The van der Waals surface area contributed by atoms with Gasteiger partial charge in [0.05, 0.1) is 13.7 Å². The molecule has 0 saturated heterocycles. The number of hydrogen-bond donors (Lipinski definition) is 2. The van der Waals surface area contributed by atoms with Gasteiger partial charge in [0.15, 0.2) is 5.96 Å². The molecule has 1 amide bonds. The van der Waals surface area contributed by atoms with Gasteiger partial charge in [-0.3, -0.25) is 4.79 Å². The molecule has 2 aromatic rings. The SMILES string of the molecule is CCNC(=NCc1cccc(OC)c1)NCc1ccc(C(=O)N(C)C)cc1.I. The van der Waals surface area contributed by atoms with Crippen molar-refractivity contribution in [3.05, 3.63) is 65.2 Å². The molecule has 0 saturated carbocycles. The minimum Gasteiger partial charge on any atom is -0.497 e. The standard InChI is InChI=1S/C21H28N4O2.HI/c1-5-22-21(24-15-17-7-6-8-19(13-17)27-4)23-14-16-9-11-18(12-10-16)20(26)25(2)3;/h6-13H,5,14-15H2,1-4H3,(H2,22,23,24);1H. The third-order valence-electron chi connectivity index (χ3n) is 3.97. The number of halogens is 1. The Morgan fingerprint density at radius 3 is 2.39 bits per heavy atom. The summed E-state index contributed by atoms with van der Waals surface area (Å²) in [7, 11) is 5.16. The zero-order chi connectivity index (χ0) is 19.6. The lowest BCUT2D eigenvalue weighted by Crippen LogP contribution is -2.36. The maximum absolute atomic E-state index is 11.9. The van der Waals surface area contributed by atoms with Crippen molar-refractivity contribution in [3.8, 4) is 5.75 Å². The van der Waals surface area contributed by atoms with Gasteiger partial charge in [-0.2, -0.15) is 0 Å². The third kappa shape index (κ3) is 7.38. The molecule has 2 N–H and O–H groups in total. The van der Waals surface area contributed by atoms with Gasteiger partial charge in [0.2, 0.25) is 0 Å². The van der Waals surface area contributed by atoms with E-state index in [-0.39, 0.29) is 29.9 Å². The van der Waals surface area contributed by atoms with Crippen molar-refractivity contribution in [1.29, 1.82) is 0 Å². The first-order valence-corrected chi connectivity index (χ1v) is 8.99. The first-order valence-electron chi connectivity index (χ1n) is 8.99. The summed E-state index contributed by atoms with van der Waals surface area (Å²) in [5.74, 6) is 1.57. The molecule has 152 valence electrons. The van der Waals surface area contributed by atoms with E-state index >= 15 is 0 Å². The van der Waals surface area contributed by atoms with Gasteiger partial charge in [0.25, 0.3) is 5.91 Å². The smallest absolute Gasteiger partial charge is 0.253 e. The average Bonchev–Trinajstić information content (AvgIpc) is 2.70. The van der Waals surface area contributed by atoms with Crippen molar-refractivity contribution >= 4 is 35.8 Å². The number of rotatable bonds is 7. The molecule has 0 bridgehead atoms. The number of nitrogens with one attached hydrogen (secondary N) is 2. The summed E-state index contributed by atoms with van der Waals surface area (Å²) in [6.07, 6.45) is 0. The summed E-state index contributed by atoms with van der Waals surface area (Å²) in [6, 6.07) is 15.5. The van der Waals surface area contributed by atoms with E-state index in [2.05, 4.69) is 15.6 Å². The van der Waals surface area contributed by atoms with E-state index in [1.807, 2.05) is 55.5 Å². The topological polar surface area (TPSA) is 66.0 Å². The lowest BCUT2D eigenvalue weighted by molar-refractivity contribution is 0.0827. The lowest BCUT2D eigenvalue weighted by Gasteiger charge is -2.13. The van der Waals surface area contributed by atoms with Gasteiger partial charge in [-0.05, 0) is 42.3 Å². The predicted molar refractivity (Wildman–Crippen MR) is 125 cm³/mol. The molecule has 0 aliphatic carbocycles. The summed E-state index contributed by atoms with van der Waals surface area (Å²) in [4.78, 5) is 18.1. The Morgan fingerprint density at radius 1 is 1.07 bits per heavy atom. The van der Waals surface area contributed by atoms with E-state index in [0.717, 1.165) is 29.4 Å². The average molecular weight is 496 g/mol. The maximum atomic E-state index is 11.9. The Bertz CT molecular complexity index is 776. The molecule has 0 spiro atoms. The fourth-order valence-electron chi connectivity index (χ4n) is 2.49. The van der Waals surface area contributed by atoms with Crippen LogP contribution in [0.1, 0.15) is 28.4 Å². The number of carbonyl (C=O) groups excluding carboxylic acids is 1. The zero-order valence-electron chi connectivity index (χ0n) is 16.9. The molecule has 2 rings (SSSR count). The monoisotopic (exact) mass is 496 g/mol. The van der Waals surface area contributed by atoms with Crippen LogP contribution in [-0.2, 0) is 13.1 Å². The molecule has 6 nitrogen and oxygen atoms in total. The zero-order valence-corrected chi connectivity index (χ0v) is 19.2. The minimum atomic E-state index is 0. The molecule has 0 heterocycles. The number of nitrogens with zero attached hydrogens (tertiary/aromatic N) is 2. The predicted octanol–water partition coefficient (Wildman–Crippen LogP) is 3.27. The summed E-state index contributed by atoms with van der Waals surface area (Å²) in [5.41, 5.74) is 2.85. The quantitative estimate of drug-likeness (QED) is 0.351. The Balaban J connectivity index is 0.00000392. The molecule has 0 aromatic heterocycles. The van der Waals surface area contributed by atoms with Gasteiger partial charge in [-0.25, -0.2) is 4.99 Å². The summed E-state index contributed by atoms with van der Waals surface area (Å²) >= 11 is 0. The second-order valence-electron chi connectivity index (χ2n) is 6.30. The highest BCUT2D eigenvalue weighted by atomic mass is 127. The molecule has 0 unspecified atom stereocenters. The van der Waals surface area contributed by atoms with Crippen molar-refractivity contribution in [1.82, 2.24) is 15.5 Å². The number of methoxy groups -OCH3 is 1. The van der Waals surface area contributed by atoms with Crippen LogP contribution in [-0.4, -0.2) is 44.5 Å². The van der Waals surface area contributed by atoms with Crippen LogP contribution < -0.4 is 15.4 Å². The number of aliphatic imine (C=N–C) groups is 1. The largest absolute Gasteiger partial charge is 0.497 e. The number of amides is 1. The highest BCUT2D eigenvalue weighted by Crippen LogP contribution is 2.13. The Hall–Kier alpha value is -2.29. The van der Waals surface area contributed by atoms with Crippen LogP contribution in [0.5, 0.6) is 5.75 Å². The molecule has 0 aliphatic rings. The third-order valence-corrected chi connectivity index (χ3v) is 3.97. The molecule has 0 fully saturated rings. The van der Waals surface area contributed by atoms with Crippen molar-refractivity contribution in [2.75, 3.05) is 27.7 Å². The highest BCUT2D eigenvalue weighted by Gasteiger charge is 2.07. The normalized spacial score (nSPS) is 10.6. The van der Waals surface area contributed by atoms with E-state index in [0.29, 0.717) is 18.7 Å². The van der Waals surface area contributed by atoms with Gasteiger partial charge in [0, 0.05) is 32.7 Å². The van der Waals surface area contributed by atoms with Gasteiger partial charge in [0.1, 0.15) is 5.75 Å². The van der Waals surface area contributed by atoms with E-state index in [9.17, 15) is 4.79 Å². The number of hydrogen-bond acceptors (Lipinski definition) is 3. The Morgan fingerprint density at radius 2 is 1.79 bits per heavy atom. The van der Waals surface area contributed by atoms with Crippen molar-refractivity contribution in [2.24, 2.45) is 4.99 Å². The van der Waals surface area contributed by atoms with Crippen LogP contribution >= 0.6 is 24.0 Å². The maximum Gasteiger partial charge on any atom is 0.253 e. The first kappa shape index (κ1) is 23.7. The van der Waals surface area contributed by atoms with Crippen LogP contribution in [0.25, 0.3) is 0 Å². The number of carbonyl (C=O) groups is 1. The molecule has 7 heteroatoms. The molecule has 28 heavy (non-hydrogen) atoms. The first-order chi connectivity index (χ1) is 13.0. The van der Waals surface area contributed by atoms with E-state index in [1.165, 1.54) is 0 Å². The number of ether oxygens (including phenoxy) is 1. The second-order valence-corrected chi connectivity index (χ2v) is 6.30. The lowest BCUT2D eigenvalue weighted by atomic mass is 10.1. The van der Waals surface area contributed by atoms with Gasteiger partial charge < -0.3 is 20.3 Å². The van der Waals surface area contributed by atoms with E-state index in [4.69, 9.17) is 4.74 Å². The minimum absolute atomic E-state index is 0. The van der Waals surface area contributed by atoms with E-state index < -0.39 is 0 Å². The fraction of sp³-hybridized carbons (Fsp3) is 0.333. The number of benzene rings is 2. The van der Waals surface area contributed by atoms with Gasteiger partial charge in [-0.1, -0.05) is 24.3 Å². The van der Waals surface area contributed by atoms with Crippen molar-refractivity contribution in [2.45, 2.75) is 20.0 Å². The van der Waals surface area contributed by atoms with Crippen LogP contribution in [0.2, 0.25) is 0 Å². The van der Waals surface area contributed by atoms with Crippen LogP contribution in [0.4, 0.5) is 0 Å². The molecule has 0 atom stereocenters. The molecular formula is C21H29IN4O2. The van der Waals surface area contributed by atoms with Crippen molar-refractivity contribution < 1.29 is 9.53 Å². The Kier molecular flexibility index (Phi) is 10.4. The van der Waals surface area contributed by atoms with Crippen LogP contribution in [0, 0.1) is 0 Å². The molecular weight excluding hydrogens is 467 g/mol. The van der Waals surface area contributed by atoms with E-state index in [1.54, 1.807) is 26.1 Å². The van der Waals surface area contributed by atoms with Crippen LogP contribution in [0.15, 0.2) is 53.5 Å². The number of guanidine groups is 1. The molecule has 0 radical (unpaired) electrons. The second kappa shape index (κ2) is 12.2. The van der Waals surface area contributed by atoms with Crippen LogP contribution in [0.3, 0.4) is 0 Å². The molecule has 2 aromatic carbocycles. The summed E-state index contributed by atoms with van der Waals surface area (Å²) in [5, 5.41) is 6.56. The Labute approximate surface area is 184 Å². The van der Waals surface area contributed by atoms with Crippen molar-refractivity contribution in [3.63, 3.8) is 0 Å².